The van der Waals surface area contributed by atoms with Crippen LogP contribution in [0.2, 0.25) is 0 Å². The van der Waals surface area contributed by atoms with Gasteiger partial charge < -0.3 is 14.8 Å². The molecule has 0 bridgehead atoms. The molecule has 0 amide bonds. The van der Waals surface area contributed by atoms with Crippen LogP contribution in [0.3, 0.4) is 0 Å². The van der Waals surface area contributed by atoms with Crippen molar-refractivity contribution in [1.29, 1.82) is 0 Å². The van der Waals surface area contributed by atoms with E-state index >= 15 is 0 Å². The van der Waals surface area contributed by atoms with Gasteiger partial charge in [0.1, 0.15) is 0 Å². The number of para-hydroxylation sites is 2. The van der Waals surface area contributed by atoms with Gasteiger partial charge in [-0.15, -0.1) is 0 Å². The average molecular weight is 844 g/mol. The van der Waals surface area contributed by atoms with Crippen molar-refractivity contribution in [3.05, 3.63) is 283 Å². The smallest absolute Gasteiger partial charge is 0.0714 e. The number of hydrogen-bond acceptors (Lipinski definition) is 2. The van der Waals surface area contributed by atoms with Crippen molar-refractivity contribution in [1.82, 2.24) is 4.57 Å². The maximum Gasteiger partial charge on any atom is 0.0714 e. The molecule has 0 spiro atoms. The van der Waals surface area contributed by atoms with E-state index in [1.807, 2.05) is 12.1 Å². The first kappa shape index (κ1) is 39.0. The Morgan fingerprint density at radius 3 is 1.67 bits per heavy atom. The molecule has 0 atom stereocenters. The molecule has 0 aliphatic heterocycles. The largest absolute Gasteiger partial charge is 0.355 e. The Labute approximate surface area is 385 Å². The number of fused-ring (bicyclic) bond motifs is 6. The van der Waals surface area contributed by atoms with E-state index in [4.69, 9.17) is 0 Å². The van der Waals surface area contributed by atoms with E-state index < -0.39 is 5.41 Å². The Morgan fingerprint density at radius 1 is 0.439 bits per heavy atom. The van der Waals surface area contributed by atoms with E-state index in [1.54, 1.807) is 0 Å². The van der Waals surface area contributed by atoms with Crippen molar-refractivity contribution in [3.8, 4) is 27.9 Å². The first-order valence-corrected chi connectivity index (χ1v) is 22.6. The Bertz CT molecular complexity index is 3500. The maximum absolute atomic E-state index is 4.38. The molecule has 1 aromatic heterocycles. The topological polar surface area (TPSA) is 20.2 Å². The van der Waals surface area contributed by atoms with Gasteiger partial charge in [0.2, 0.25) is 0 Å². The van der Waals surface area contributed by atoms with Crippen LogP contribution >= 0.6 is 0 Å². The van der Waals surface area contributed by atoms with Crippen molar-refractivity contribution in [2.45, 2.75) is 5.41 Å². The summed E-state index contributed by atoms with van der Waals surface area (Å²) in [6, 6.07) is 90.2. The van der Waals surface area contributed by atoms with Crippen LogP contribution in [0, 0.1) is 0 Å². The number of anilines is 5. The highest BCUT2D eigenvalue weighted by Gasteiger charge is 2.46. The highest BCUT2D eigenvalue weighted by molar-refractivity contribution is 6.14. The monoisotopic (exact) mass is 843 g/mol. The van der Waals surface area contributed by atoms with E-state index in [0.717, 1.165) is 61.5 Å². The minimum absolute atomic E-state index is 0.535. The zero-order valence-electron chi connectivity index (χ0n) is 36.4. The lowest BCUT2D eigenvalue weighted by Gasteiger charge is -2.35. The van der Waals surface area contributed by atoms with Crippen molar-refractivity contribution in [2.24, 2.45) is 0 Å². The molecular weight excluding hydrogens is 799 g/mol. The van der Waals surface area contributed by atoms with Gasteiger partial charge in [-0.05, 0) is 117 Å². The predicted molar refractivity (Wildman–Crippen MR) is 278 cm³/mol. The fourth-order valence-corrected chi connectivity index (χ4v) is 10.6. The molecule has 0 fully saturated rings. The molecule has 10 aromatic carbocycles. The molecule has 1 heterocycles. The van der Waals surface area contributed by atoms with Crippen molar-refractivity contribution >= 4 is 56.3 Å². The number of hydrogen-bond donors (Lipinski definition) is 1. The van der Waals surface area contributed by atoms with Crippen molar-refractivity contribution < 1.29 is 0 Å². The van der Waals surface area contributed by atoms with E-state index in [0.29, 0.717) is 0 Å². The number of nitrogens with zero attached hydrogens (tertiary/aromatic N) is 2. The summed E-state index contributed by atoms with van der Waals surface area (Å²) >= 11 is 0. The minimum Gasteiger partial charge on any atom is -0.355 e. The fraction of sp³-hybridized carbons (Fsp3) is 0.0159. The van der Waals surface area contributed by atoms with E-state index in [1.165, 1.54) is 44.5 Å². The predicted octanol–water partition coefficient (Wildman–Crippen LogP) is 16.7. The molecule has 11 aromatic rings. The van der Waals surface area contributed by atoms with Gasteiger partial charge in [-0.3, -0.25) is 0 Å². The highest BCUT2D eigenvalue weighted by atomic mass is 15.1. The quantitative estimate of drug-likeness (QED) is 0.148. The number of benzene rings is 10. The third-order valence-electron chi connectivity index (χ3n) is 13.4. The van der Waals surface area contributed by atoms with E-state index in [2.05, 4.69) is 264 Å². The fourth-order valence-electron chi connectivity index (χ4n) is 10.6. The Morgan fingerprint density at radius 2 is 0.985 bits per heavy atom. The minimum atomic E-state index is -0.535. The van der Waals surface area contributed by atoms with Gasteiger partial charge in [0.25, 0.3) is 0 Å². The van der Waals surface area contributed by atoms with Gasteiger partial charge in [-0.25, -0.2) is 0 Å². The molecule has 0 saturated carbocycles. The number of nitrogens with one attached hydrogen (secondary N) is 1. The summed E-state index contributed by atoms with van der Waals surface area (Å²) < 4.78 is 2.39. The zero-order valence-corrected chi connectivity index (χ0v) is 36.4. The summed E-state index contributed by atoms with van der Waals surface area (Å²) in [5.74, 6) is 0. The van der Waals surface area contributed by atoms with Crippen LogP contribution in [0.25, 0.3) is 55.8 Å². The maximum atomic E-state index is 4.38. The van der Waals surface area contributed by atoms with Gasteiger partial charge in [0, 0.05) is 50.5 Å². The lowest BCUT2D eigenvalue weighted by Crippen LogP contribution is -2.28. The summed E-state index contributed by atoms with van der Waals surface area (Å²) in [6.45, 7) is 4.38. The summed E-state index contributed by atoms with van der Waals surface area (Å²) in [5.41, 5.74) is 19.0. The molecule has 0 unspecified atom stereocenters. The molecule has 66 heavy (non-hydrogen) atoms. The lowest BCUT2D eigenvalue weighted by atomic mass is 9.67. The van der Waals surface area contributed by atoms with Crippen LogP contribution in [-0.2, 0) is 5.41 Å². The molecule has 12 rings (SSSR count). The van der Waals surface area contributed by atoms with Crippen molar-refractivity contribution in [3.63, 3.8) is 0 Å². The van der Waals surface area contributed by atoms with Crippen molar-refractivity contribution in [2.75, 3.05) is 10.2 Å². The Balaban J connectivity index is 1.11. The molecular formula is C63H45N3. The van der Waals surface area contributed by atoms with Crippen LogP contribution in [0.5, 0.6) is 0 Å². The highest BCUT2D eigenvalue weighted by Crippen LogP contribution is 2.57. The number of rotatable bonds is 10. The first-order valence-electron chi connectivity index (χ1n) is 22.6. The molecule has 1 aliphatic carbocycles. The molecule has 3 nitrogen and oxygen atoms in total. The third-order valence-corrected chi connectivity index (χ3v) is 13.4. The third kappa shape index (κ3) is 6.28. The molecule has 3 heteroatoms. The molecule has 1 N–H and O–H groups in total. The summed E-state index contributed by atoms with van der Waals surface area (Å²) in [7, 11) is 0. The number of aromatic nitrogens is 1. The van der Waals surface area contributed by atoms with E-state index in [-0.39, 0.29) is 0 Å². The second kappa shape index (κ2) is 16.2. The average Bonchev–Trinajstić information content (AvgIpc) is 3.88. The van der Waals surface area contributed by atoms with Gasteiger partial charge >= 0.3 is 0 Å². The standard InChI is InChI=1S/C63H45N3/c1-2-53-60(64-48-26-14-6-15-27-48)40-39-56-57-42-51(37-41-61(57)66(62(53)56)49-28-16-7-17-29-49)65(50-34-32-45(33-35-50)44-20-8-3-9-21-44)52-36-38-55-54-30-18-19-31-58(54)63(59(55)43-52,46-22-10-4-11-23-46)47-24-12-5-13-25-47/h2-43,64H,1H2. The summed E-state index contributed by atoms with van der Waals surface area (Å²) in [4.78, 5) is 2.43. The summed E-state index contributed by atoms with van der Waals surface area (Å²) in [5, 5.41) is 6.00. The van der Waals surface area contributed by atoms with Crippen LogP contribution in [0.1, 0.15) is 27.8 Å². The molecule has 312 valence electrons. The van der Waals surface area contributed by atoms with Gasteiger partial charge in [-0.2, -0.15) is 0 Å². The Kier molecular flexibility index (Phi) is 9.54. The van der Waals surface area contributed by atoms with Crippen LogP contribution < -0.4 is 10.2 Å². The normalized spacial score (nSPS) is 12.4. The SMILES string of the molecule is C=Cc1c(Nc2ccccc2)ccc2c3cc(N(c4ccc(-c5ccccc5)cc4)c4ccc5c(c4)C(c4ccccc4)(c4ccccc4)c4ccccc4-5)ccc3n(-c3ccccc3)c12. The molecule has 1 aliphatic rings. The zero-order chi connectivity index (χ0) is 44.0. The van der Waals surface area contributed by atoms with Gasteiger partial charge in [0.05, 0.1) is 16.4 Å². The second-order valence-electron chi connectivity index (χ2n) is 17.0. The van der Waals surface area contributed by atoms with Gasteiger partial charge in [0.15, 0.2) is 0 Å². The van der Waals surface area contributed by atoms with E-state index in [9.17, 15) is 0 Å². The molecule has 0 radical (unpaired) electrons. The van der Waals surface area contributed by atoms with Crippen LogP contribution in [0.15, 0.2) is 255 Å². The molecule has 0 saturated heterocycles. The summed E-state index contributed by atoms with van der Waals surface area (Å²) in [6.07, 6.45) is 1.99. The Hall–Kier alpha value is -8.66. The van der Waals surface area contributed by atoms with Crippen LogP contribution in [0.4, 0.5) is 28.4 Å². The van der Waals surface area contributed by atoms with Gasteiger partial charge in [-0.1, -0.05) is 189 Å². The lowest BCUT2D eigenvalue weighted by molar-refractivity contribution is 0.768. The second-order valence-corrected chi connectivity index (χ2v) is 17.0. The first-order chi connectivity index (χ1) is 32.7. The van der Waals surface area contributed by atoms with Crippen LogP contribution in [-0.4, -0.2) is 4.57 Å².